The molecule has 1 rings (SSSR count). The number of carbonyl (C=O) groups is 2. The molecule has 0 saturated carbocycles. The van der Waals surface area contributed by atoms with Crippen LogP contribution in [0.25, 0.3) is 0 Å². The van der Waals surface area contributed by atoms with Gasteiger partial charge in [-0.15, -0.1) is 0 Å². The van der Waals surface area contributed by atoms with Crippen LogP contribution in [0.1, 0.15) is 20.3 Å². The van der Waals surface area contributed by atoms with Crippen molar-refractivity contribution in [2.75, 3.05) is 32.8 Å². The van der Waals surface area contributed by atoms with Gasteiger partial charge in [0.15, 0.2) is 0 Å². The summed E-state index contributed by atoms with van der Waals surface area (Å²) < 4.78 is 5.29. The third kappa shape index (κ3) is 4.36. The predicted octanol–water partition coefficient (Wildman–Crippen LogP) is -0.0154. The number of carbonyl (C=O) groups excluding carboxylic acids is 1. The highest BCUT2D eigenvalue weighted by molar-refractivity contribution is 5.76. The second-order valence-corrected chi connectivity index (χ2v) is 4.64. The van der Waals surface area contributed by atoms with Gasteiger partial charge in [0, 0.05) is 19.1 Å². The molecule has 2 amide bonds. The van der Waals surface area contributed by atoms with Crippen molar-refractivity contribution >= 4 is 12.0 Å². The van der Waals surface area contributed by atoms with Crippen LogP contribution in [-0.4, -0.2) is 77.0 Å². The van der Waals surface area contributed by atoms with E-state index in [1.165, 1.54) is 4.90 Å². The summed E-state index contributed by atoms with van der Waals surface area (Å²) >= 11 is 0. The highest BCUT2D eigenvalue weighted by Crippen LogP contribution is 2.12. The average molecular weight is 274 g/mol. The number of aliphatic hydroxyl groups excluding tert-OH is 1. The fourth-order valence-corrected chi connectivity index (χ4v) is 2.18. The van der Waals surface area contributed by atoms with Crippen LogP contribution in [-0.2, 0) is 9.53 Å². The Labute approximate surface area is 112 Å². The Bertz CT molecular complexity index is 323. The number of morpholine rings is 1. The zero-order valence-electron chi connectivity index (χ0n) is 11.4. The Balaban J connectivity index is 2.64. The molecule has 1 aliphatic rings. The van der Waals surface area contributed by atoms with Crippen LogP contribution in [0.5, 0.6) is 0 Å². The number of rotatable bonds is 5. The molecule has 0 bridgehead atoms. The van der Waals surface area contributed by atoms with E-state index in [9.17, 15) is 9.59 Å². The summed E-state index contributed by atoms with van der Waals surface area (Å²) in [7, 11) is 0. The summed E-state index contributed by atoms with van der Waals surface area (Å²) in [6.07, 6.45) is -0.431. The van der Waals surface area contributed by atoms with Crippen LogP contribution in [0.2, 0.25) is 0 Å². The first-order chi connectivity index (χ1) is 8.99. The number of ether oxygens (including phenoxy) is 1. The number of hydrogen-bond donors (Lipinski definition) is 2. The highest BCUT2D eigenvalue weighted by Gasteiger charge is 2.29. The Morgan fingerprint density at radius 1 is 1.53 bits per heavy atom. The number of urea groups is 1. The van der Waals surface area contributed by atoms with Gasteiger partial charge in [0.25, 0.3) is 0 Å². The first-order valence-electron chi connectivity index (χ1n) is 6.49. The van der Waals surface area contributed by atoms with Crippen molar-refractivity contribution in [1.82, 2.24) is 9.80 Å². The fourth-order valence-electron chi connectivity index (χ4n) is 2.18. The molecule has 0 aromatic rings. The van der Waals surface area contributed by atoms with Crippen molar-refractivity contribution in [3.63, 3.8) is 0 Å². The van der Waals surface area contributed by atoms with E-state index in [0.717, 1.165) is 0 Å². The van der Waals surface area contributed by atoms with Gasteiger partial charge in [0.05, 0.1) is 32.3 Å². The predicted molar refractivity (Wildman–Crippen MR) is 67.9 cm³/mol. The molecule has 0 aliphatic carbocycles. The topological polar surface area (TPSA) is 90.3 Å². The Kier molecular flexibility index (Phi) is 6.04. The van der Waals surface area contributed by atoms with Gasteiger partial charge in [0.2, 0.25) is 0 Å². The summed E-state index contributed by atoms with van der Waals surface area (Å²) in [6, 6.07) is -0.552. The lowest BCUT2D eigenvalue weighted by molar-refractivity contribution is -0.138. The molecule has 110 valence electrons. The first kappa shape index (κ1) is 15.7. The number of amides is 2. The molecule has 19 heavy (non-hydrogen) atoms. The Hall–Kier alpha value is -1.34. The molecule has 2 N–H and O–H groups in total. The van der Waals surface area contributed by atoms with Crippen molar-refractivity contribution in [1.29, 1.82) is 0 Å². The van der Waals surface area contributed by atoms with Gasteiger partial charge in [-0.25, -0.2) is 4.79 Å². The van der Waals surface area contributed by atoms with E-state index in [-0.39, 0.29) is 31.2 Å². The monoisotopic (exact) mass is 274 g/mol. The fraction of sp³-hybridized carbons (Fsp3) is 0.833. The number of hydrogen-bond acceptors (Lipinski definition) is 4. The van der Waals surface area contributed by atoms with Crippen molar-refractivity contribution in [2.24, 2.45) is 0 Å². The molecule has 0 radical (unpaired) electrons. The van der Waals surface area contributed by atoms with Gasteiger partial charge in [0.1, 0.15) is 0 Å². The SMILES string of the molecule is CCN(C(=O)N1CCOC(CO)C1)C(C)CC(=O)O. The van der Waals surface area contributed by atoms with Crippen molar-refractivity contribution < 1.29 is 24.5 Å². The highest BCUT2D eigenvalue weighted by atomic mass is 16.5. The number of aliphatic carboxylic acids is 1. The minimum absolute atomic E-state index is 0.0760. The van der Waals surface area contributed by atoms with Crippen LogP contribution in [0.15, 0.2) is 0 Å². The van der Waals surface area contributed by atoms with Crippen molar-refractivity contribution in [3.8, 4) is 0 Å². The minimum atomic E-state index is -0.922. The Morgan fingerprint density at radius 2 is 2.21 bits per heavy atom. The lowest BCUT2D eigenvalue weighted by atomic mass is 10.2. The molecule has 7 heteroatoms. The number of carboxylic acid groups (broad SMARTS) is 1. The van der Waals surface area contributed by atoms with Crippen LogP contribution >= 0.6 is 0 Å². The van der Waals surface area contributed by atoms with Crippen LogP contribution in [0, 0.1) is 0 Å². The summed E-state index contributed by atoms with van der Waals surface area (Å²) in [5, 5.41) is 17.9. The summed E-state index contributed by atoms with van der Waals surface area (Å²) in [6.45, 7) is 5.06. The van der Waals surface area contributed by atoms with Gasteiger partial charge in [-0.2, -0.15) is 0 Å². The molecule has 0 aromatic carbocycles. The molecule has 2 unspecified atom stereocenters. The molecule has 0 aromatic heterocycles. The molecule has 1 fully saturated rings. The first-order valence-corrected chi connectivity index (χ1v) is 6.49. The van der Waals surface area contributed by atoms with Gasteiger partial charge >= 0.3 is 12.0 Å². The molecular formula is C12H22N2O5. The van der Waals surface area contributed by atoms with Gasteiger partial charge < -0.3 is 24.7 Å². The van der Waals surface area contributed by atoms with E-state index in [1.807, 2.05) is 6.92 Å². The lowest BCUT2D eigenvalue weighted by Crippen LogP contribution is -2.54. The maximum absolute atomic E-state index is 12.3. The minimum Gasteiger partial charge on any atom is -0.481 e. The maximum Gasteiger partial charge on any atom is 0.320 e. The zero-order valence-corrected chi connectivity index (χ0v) is 11.4. The second-order valence-electron chi connectivity index (χ2n) is 4.64. The smallest absolute Gasteiger partial charge is 0.320 e. The molecular weight excluding hydrogens is 252 g/mol. The average Bonchev–Trinajstić information content (AvgIpc) is 2.38. The van der Waals surface area contributed by atoms with Crippen LogP contribution in [0.3, 0.4) is 0 Å². The second kappa shape index (κ2) is 7.30. The van der Waals surface area contributed by atoms with E-state index in [1.54, 1.807) is 11.8 Å². The van der Waals surface area contributed by atoms with E-state index >= 15 is 0 Å². The Morgan fingerprint density at radius 3 is 2.74 bits per heavy atom. The lowest BCUT2D eigenvalue weighted by Gasteiger charge is -2.37. The summed E-state index contributed by atoms with van der Waals surface area (Å²) in [5.74, 6) is -0.922. The normalized spacial score (nSPS) is 21.0. The van der Waals surface area contributed by atoms with Crippen LogP contribution in [0.4, 0.5) is 4.79 Å². The summed E-state index contributed by atoms with van der Waals surface area (Å²) in [4.78, 5) is 26.2. The molecule has 7 nitrogen and oxygen atoms in total. The molecule has 1 saturated heterocycles. The third-order valence-corrected chi connectivity index (χ3v) is 3.20. The standard InChI is InChI=1S/C12H22N2O5/c1-3-14(9(2)6-11(16)17)12(18)13-4-5-19-10(7-13)8-15/h9-10,15H,3-8H2,1-2H3,(H,16,17). The molecule has 1 heterocycles. The third-order valence-electron chi connectivity index (χ3n) is 3.20. The molecule has 0 spiro atoms. The van der Waals surface area contributed by atoms with E-state index in [2.05, 4.69) is 0 Å². The number of carboxylic acids is 1. The van der Waals surface area contributed by atoms with E-state index in [0.29, 0.717) is 26.2 Å². The number of nitrogens with zero attached hydrogens (tertiary/aromatic N) is 2. The summed E-state index contributed by atoms with van der Waals surface area (Å²) in [5.41, 5.74) is 0. The van der Waals surface area contributed by atoms with Crippen LogP contribution < -0.4 is 0 Å². The van der Waals surface area contributed by atoms with Gasteiger partial charge in [-0.3, -0.25) is 4.79 Å². The molecule has 2 atom stereocenters. The quantitative estimate of drug-likeness (QED) is 0.735. The largest absolute Gasteiger partial charge is 0.481 e. The van der Waals surface area contributed by atoms with Crippen molar-refractivity contribution in [2.45, 2.75) is 32.4 Å². The molecule has 1 aliphatic heterocycles. The maximum atomic E-state index is 12.3. The van der Waals surface area contributed by atoms with Gasteiger partial charge in [-0.1, -0.05) is 0 Å². The van der Waals surface area contributed by atoms with E-state index < -0.39 is 5.97 Å². The van der Waals surface area contributed by atoms with Crippen molar-refractivity contribution in [3.05, 3.63) is 0 Å². The zero-order chi connectivity index (χ0) is 14.4. The van der Waals surface area contributed by atoms with E-state index in [4.69, 9.17) is 14.9 Å². The van der Waals surface area contributed by atoms with Gasteiger partial charge in [-0.05, 0) is 13.8 Å². The number of aliphatic hydroxyl groups is 1.